The molecule has 0 spiro atoms. The molecule has 4 nitrogen and oxygen atoms in total. The largest absolute Gasteiger partial charge is 0.325 e. The molecule has 1 rings (SSSR count). The predicted molar refractivity (Wildman–Crippen MR) is 77.9 cm³/mol. The Kier molecular flexibility index (Phi) is 4.89. The summed E-state index contributed by atoms with van der Waals surface area (Å²) in [5.41, 5.74) is 2.18. The highest BCUT2D eigenvalue weighted by molar-refractivity contribution is 7.92. The fourth-order valence-corrected chi connectivity index (χ4v) is 2.83. The van der Waals surface area contributed by atoms with Crippen LogP contribution in [0.4, 0.5) is 5.69 Å². The predicted octanol–water partition coefficient (Wildman–Crippen LogP) is 2.31. The van der Waals surface area contributed by atoms with Gasteiger partial charge < -0.3 is 5.32 Å². The van der Waals surface area contributed by atoms with Crippen LogP contribution in [-0.4, -0.2) is 25.3 Å². The lowest BCUT2D eigenvalue weighted by Crippen LogP contribution is -2.34. The molecule has 104 valence electrons. The lowest BCUT2D eigenvalue weighted by Gasteiger charge is -2.13. The van der Waals surface area contributed by atoms with E-state index >= 15 is 0 Å². The van der Waals surface area contributed by atoms with Gasteiger partial charge in [-0.2, -0.15) is 0 Å². The molecule has 0 saturated carbocycles. The summed E-state index contributed by atoms with van der Waals surface area (Å²) in [7, 11) is -3.50. The second kappa shape index (κ2) is 6.02. The number of carbonyl (C=O) groups is 1. The first-order valence-corrected chi connectivity index (χ1v) is 7.67. The van der Waals surface area contributed by atoms with Gasteiger partial charge in [0, 0.05) is 5.69 Å². The zero-order chi connectivity index (χ0) is 14.6. The van der Waals surface area contributed by atoms with E-state index in [9.17, 15) is 13.2 Å². The molecule has 0 aliphatic carbocycles. The molecule has 1 N–H and O–H groups in total. The molecule has 0 aromatic heterocycles. The third-order valence-electron chi connectivity index (χ3n) is 2.67. The number of hydrogen-bond donors (Lipinski definition) is 1. The van der Waals surface area contributed by atoms with Crippen LogP contribution in [-0.2, 0) is 14.6 Å². The van der Waals surface area contributed by atoms with Gasteiger partial charge in [-0.05, 0) is 32.9 Å². The van der Waals surface area contributed by atoms with E-state index in [1.165, 1.54) is 6.92 Å². The zero-order valence-electron chi connectivity index (χ0n) is 11.4. The van der Waals surface area contributed by atoms with Crippen molar-refractivity contribution in [3.63, 3.8) is 0 Å². The summed E-state index contributed by atoms with van der Waals surface area (Å²) >= 11 is 0. The Hall–Kier alpha value is -1.62. The molecule has 0 radical (unpaired) electrons. The number of benzene rings is 1. The number of hydrogen-bond acceptors (Lipinski definition) is 3. The lowest BCUT2D eigenvalue weighted by atomic mass is 10.2. The number of carbonyl (C=O) groups excluding carboxylic acids is 1. The average Bonchev–Trinajstić information content (AvgIpc) is 2.29. The van der Waals surface area contributed by atoms with Crippen LogP contribution in [0, 0.1) is 6.92 Å². The van der Waals surface area contributed by atoms with Crippen molar-refractivity contribution in [2.45, 2.75) is 26.0 Å². The van der Waals surface area contributed by atoms with Gasteiger partial charge in [0.2, 0.25) is 5.91 Å². The molecule has 0 unspecified atom stereocenters. The topological polar surface area (TPSA) is 63.2 Å². The normalized spacial score (nSPS) is 12.8. The molecular formula is C14H19NO3S. The first kappa shape index (κ1) is 15.4. The summed E-state index contributed by atoms with van der Waals surface area (Å²) in [6.45, 7) is 8.52. The second-order valence-electron chi connectivity index (χ2n) is 4.76. The van der Waals surface area contributed by atoms with Crippen molar-refractivity contribution in [1.82, 2.24) is 0 Å². The van der Waals surface area contributed by atoms with E-state index in [-0.39, 0.29) is 5.75 Å². The number of nitrogens with one attached hydrogen (secondary N) is 1. The molecule has 0 aliphatic heterocycles. The highest BCUT2D eigenvalue weighted by Crippen LogP contribution is 2.12. The molecule has 0 bridgehead atoms. The van der Waals surface area contributed by atoms with Crippen LogP contribution in [0.5, 0.6) is 0 Å². The molecule has 1 atom stereocenters. The van der Waals surface area contributed by atoms with Gasteiger partial charge >= 0.3 is 0 Å². The van der Waals surface area contributed by atoms with Crippen molar-refractivity contribution < 1.29 is 13.2 Å². The summed E-state index contributed by atoms with van der Waals surface area (Å²) in [4.78, 5) is 11.9. The maximum atomic E-state index is 11.9. The Bertz CT molecular complexity index is 573. The zero-order valence-corrected chi connectivity index (χ0v) is 12.3. The summed E-state index contributed by atoms with van der Waals surface area (Å²) in [5, 5.41) is 1.51. The number of rotatable bonds is 5. The third-order valence-corrected chi connectivity index (χ3v) is 4.86. The van der Waals surface area contributed by atoms with E-state index in [2.05, 4.69) is 11.9 Å². The molecule has 5 heteroatoms. The number of sulfone groups is 1. The number of aryl methyl sites for hydroxylation is 1. The minimum atomic E-state index is -3.50. The Balaban J connectivity index is 2.78. The van der Waals surface area contributed by atoms with Crippen LogP contribution in [0.25, 0.3) is 0 Å². The van der Waals surface area contributed by atoms with Crippen molar-refractivity contribution in [2.24, 2.45) is 0 Å². The molecule has 0 heterocycles. The van der Waals surface area contributed by atoms with Crippen molar-refractivity contribution >= 4 is 21.4 Å². The van der Waals surface area contributed by atoms with E-state index < -0.39 is 21.0 Å². The first-order valence-electron chi connectivity index (χ1n) is 5.96. The van der Waals surface area contributed by atoms with Gasteiger partial charge in [-0.15, -0.1) is 0 Å². The van der Waals surface area contributed by atoms with Crippen molar-refractivity contribution in [3.05, 3.63) is 42.0 Å². The summed E-state index contributed by atoms with van der Waals surface area (Å²) in [6, 6.07) is 7.18. The number of anilines is 1. The maximum absolute atomic E-state index is 11.9. The van der Waals surface area contributed by atoms with E-state index in [1.807, 2.05) is 19.1 Å². The average molecular weight is 281 g/mol. The van der Waals surface area contributed by atoms with Gasteiger partial charge in [-0.1, -0.05) is 29.8 Å². The monoisotopic (exact) mass is 281 g/mol. The summed E-state index contributed by atoms with van der Waals surface area (Å²) in [6.07, 6.45) is 0. The van der Waals surface area contributed by atoms with Gasteiger partial charge in [0.15, 0.2) is 9.84 Å². The van der Waals surface area contributed by atoms with Crippen LogP contribution in [0.3, 0.4) is 0 Å². The van der Waals surface area contributed by atoms with Gasteiger partial charge in [0.1, 0.15) is 5.25 Å². The molecule has 1 aromatic carbocycles. The van der Waals surface area contributed by atoms with Gasteiger partial charge in [-0.3, -0.25) is 4.79 Å². The quantitative estimate of drug-likeness (QED) is 0.842. The lowest BCUT2D eigenvalue weighted by molar-refractivity contribution is -0.115. The van der Waals surface area contributed by atoms with Crippen molar-refractivity contribution in [3.8, 4) is 0 Å². The molecule has 19 heavy (non-hydrogen) atoms. The van der Waals surface area contributed by atoms with E-state index in [0.717, 1.165) is 5.56 Å². The van der Waals surface area contributed by atoms with Gasteiger partial charge in [0.25, 0.3) is 0 Å². The molecule has 1 aromatic rings. The van der Waals surface area contributed by atoms with E-state index in [4.69, 9.17) is 0 Å². The van der Waals surface area contributed by atoms with Gasteiger partial charge in [-0.25, -0.2) is 8.42 Å². The Morgan fingerprint density at radius 3 is 2.32 bits per heavy atom. The van der Waals surface area contributed by atoms with E-state index in [1.54, 1.807) is 19.1 Å². The molecule has 0 saturated heterocycles. The molecule has 0 fully saturated rings. The highest BCUT2D eigenvalue weighted by Gasteiger charge is 2.27. The maximum Gasteiger partial charge on any atom is 0.242 e. The highest BCUT2D eigenvalue weighted by atomic mass is 32.2. The van der Waals surface area contributed by atoms with Gasteiger partial charge in [0.05, 0.1) is 5.75 Å². The van der Waals surface area contributed by atoms with Crippen LogP contribution >= 0.6 is 0 Å². The molecule has 1 amide bonds. The standard InChI is InChI=1S/C14H19NO3S/c1-10(2)9-19(17,18)12(4)14(16)15-13-7-5-11(3)6-8-13/h5-8,12H,1,9H2,2-4H3,(H,15,16)/t12-/m1/s1. The van der Waals surface area contributed by atoms with Crippen LogP contribution in [0.15, 0.2) is 36.4 Å². The summed E-state index contributed by atoms with van der Waals surface area (Å²) in [5.74, 6) is -0.694. The van der Waals surface area contributed by atoms with E-state index in [0.29, 0.717) is 11.3 Å². The fourth-order valence-electron chi connectivity index (χ4n) is 1.51. The molecule has 0 aliphatic rings. The SMILES string of the molecule is C=C(C)CS(=O)(=O)[C@H](C)C(=O)Nc1ccc(C)cc1. The Morgan fingerprint density at radius 1 is 1.32 bits per heavy atom. The van der Waals surface area contributed by atoms with Crippen molar-refractivity contribution in [1.29, 1.82) is 0 Å². The summed E-state index contributed by atoms with van der Waals surface area (Å²) < 4.78 is 23.8. The minimum Gasteiger partial charge on any atom is -0.325 e. The van der Waals surface area contributed by atoms with Crippen LogP contribution in [0.2, 0.25) is 0 Å². The molecular weight excluding hydrogens is 262 g/mol. The Morgan fingerprint density at radius 2 is 1.84 bits per heavy atom. The van der Waals surface area contributed by atoms with Crippen LogP contribution < -0.4 is 5.32 Å². The van der Waals surface area contributed by atoms with Crippen molar-refractivity contribution in [2.75, 3.05) is 11.1 Å². The third kappa shape index (κ3) is 4.52. The Labute approximate surface area is 114 Å². The second-order valence-corrected chi connectivity index (χ2v) is 7.08. The van der Waals surface area contributed by atoms with Crippen LogP contribution in [0.1, 0.15) is 19.4 Å². The minimum absolute atomic E-state index is 0.171. The fraction of sp³-hybridized carbons (Fsp3) is 0.357. The smallest absolute Gasteiger partial charge is 0.242 e. The number of amides is 1. The first-order chi connectivity index (χ1) is 8.72.